The zero-order chi connectivity index (χ0) is 16.8. The molecule has 0 atom stereocenters. The lowest BCUT2D eigenvalue weighted by atomic mass is 10.2. The Morgan fingerprint density at radius 3 is 2.58 bits per heavy atom. The van der Waals surface area contributed by atoms with E-state index in [0.717, 1.165) is 24.5 Å². The summed E-state index contributed by atoms with van der Waals surface area (Å²) in [5.74, 6) is 0.215. The number of para-hydroxylation sites is 1. The van der Waals surface area contributed by atoms with Crippen LogP contribution < -0.4 is 15.6 Å². The number of benzene rings is 2. The van der Waals surface area contributed by atoms with Gasteiger partial charge in [0.05, 0.1) is 6.21 Å². The van der Waals surface area contributed by atoms with Gasteiger partial charge in [0, 0.05) is 36.1 Å². The number of phenolic OH excluding ortho intramolecular Hbond substituents is 1. The standard InChI is InChI=1S/C18H20N4OS/c23-17-12-16(22-10-4-5-11-22)9-8-14(17)13-19-21-18(24)20-15-6-2-1-3-7-15/h1-3,6-9,12-13,23H,4-5,10-11H2,(H2,20,21,24)/b19-13-. The Morgan fingerprint density at radius 2 is 1.88 bits per heavy atom. The number of aromatic hydroxyl groups is 1. The highest BCUT2D eigenvalue weighted by molar-refractivity contribution is 7.80. The largest absolute Gasteiger partial charge is 0.507 e. The van der Waals surface area contributed by atoms with Crippen molar-refractivity contribution in [2.75, 3.05) is 23.3 Å². The zero-order valence-electron chi connectivity index (χ0n) is 13.3. The van der Waals surface area contributed by atoms with Crippen LogP contribution in [0.4, 0.5) is 11.4 Å². The van der Waals surface area contributed by atoms with Gasteiger partial charge in [-0.05, 0) is 49.3 Å². The topological polar surface area (TPSA) is 59.9 Å². The molecular formula is C18H20N4OS. The second kappa shape index (κ2) is 7.79. The highest BCUT2D eigenvalue weighted by Crippen LogP contribution is 2.26. The first-order valence-electron chi connectivity index (χ1n) is 7.95. The predicted octanol–water partition coefficient (Wildman–Crippen LogP) is 3.31. The first kappa shape index (κ1) is 16.3. The minimum Gasteiger partial charge on any atom is -0.507 e. The molecule has 0 bridgehead atoms. The molecule has 0 aromatic heterocycles. The summed E-state index contributed by atoms with van der Waals surface area (Å²) in [4.78, 5) is 2.28. The van der Waals surface area contributed by atoms with E-state index in [1.165, 1.54) is 12.8 Å². The molecule has 0 unspecified atom stereocenters. The van der Waals surface area contributed by atoms with Gasteiger partial charge in [-0.2, -0.15) is 5.10 Å². The molecule has 2 aromatic carbocycles. The van der Waals surface area contributed by atoms with E-state index in [2.05, 4.69) is 20.7 Å². The molecule has 0 spiro atoms. The third-order valence-corrected chi connectivity index (χ3v) is 4.08. The number of nitrogens with one attached hydrogen (secondary N) is 2. The second-order valence-corrected chi connectivity index (χ2v) is 6.04. The summed E-state index contributed by atoms with van der Waals surface area (Å²) in [6.07, 6.45) is 3.97. The number of phenols is 1. The number of rotatable bonds is 4. The maximum Gasteiger partial charge on any atom is 0.191 e. The molecule has 0 aliphatic carbocycles. The average Bonchev–Trinajstić information content (AvgIpc) is 3.12. The van der Waals surface area contributed by atoms with Crippen LogP contribution in [0.1, 0.15) is 18.4 Å². The van der Waals surface area contributed by atoms with Crippen LogP contribution in [0, 0.1) is 0 Å². The van der Waals surface area contributed by atoms with Gasteiger partial charge in [0.15, 0.2) is 5.11 Å². The van der Waals surface area contributed by atoms with Gasteiger partial charge in [-0.25, -0.2) is 0 Å². The van der Waals surface area contributed by atoms with Gasteiger partial charge >= 0.3 is 0 Å². The maximum atomic E-state index is 10.2. The Morgan fingerprint density at radius 1 is 1.12 bits per heavy atom. The van der Waals surface area contributed by atoms with Crippen molar-refractivity contribution in [2.24, 2.45) is 5.10 Å². The molecule has 24 heavy (non-hydrogen) atoms. The summed E-state index contributed by atoms with van der Waals surface area (Å²) >= 11 is 5.17. The third-order valence-electron chi connectivity index (χ3n) is 3.89. The summed E-state index contributed by atoms with van der Waals surface area (Å²) < 4.78 is 0. The molecular weight excluding hydrogens is 320 g/mol. The first-order chi connectivity index (χ1) is 11.7. The summed E-state index contributed by atoms with van der Waals surface area (Å²) in [7, 11) is 0. The molecule has 1 heterocycles. The van der Waals surface area contributed by atoms with Gasteiger partial charge in [0.2, 0.25) is 0 Å². The van der Waals surface area contributed by atoms with E-state index in [-0.39, 0.29) is 5.75 Å². The van der Waals surface area contributed by atoms with Crippen LogP contribution in [0.25, 0.3) is 0 Å². The minimum atomic E-state index is 0.215. The fourth-order valence-corrected chi connectivity index (χ4v) is 2.82. The summed E-state index contributed by atoms with van der Waals surface area (Å²) in [5.41, 5.74) is 5.33. The lowest BCUT2D eigenvalue weighted by Gasteiger charge is -2.18. The third kappa shape index (κ3) is 4.23. The number of thiocarbonyl (C=S) groups is 1. The molecule has 1 aliphatic rings. The van der Waals surface area contributed by atoms with Gasteiger partial charge < -0.3 is 15.3 Å². The molecule has 0 amide bonds. The van der Waals surface area contributed by atoms with E-state index in [4.69, 9.17) is 12.2 Å². The van der Waals surface area contributed by atoms with E-state index in [0.29, 0.717) is 10.7 Å². The lowest BCUT2D eigenvalue weighted by molar-refractivity contribution is 0.474. The molecule has 1 saturated heterocycles. The minimum absolute atomic E-state index is 0.215. The second-order valence-electron chi connectivity index (χ2n) is 5.63. The van der Waals surface area contributed by atoms with Crippen LogP contribution in [0.2, 0.25) is 0 Å². The van der Waals surface area contributed by atoms with Crippen LogP contribution >= 0.6 is 12.2 Å². The first-order valence-corrected chi connectivity index (χ1v) is 8.36. The highest BCUT2D eigenvalue weighted by Gasteiger charge is 2.13. The monoisotopic (exact) mass is 340 g/mol. The van der Waals surface area contributed by atoms with Crippen molar-refractivity contribution >= 4 is 34.9 Å². The molecule has 1 aliphatic heterocycles. The van der Waals surface area contributed by atoms with Crippen LogP contribution in [0.3, 0.4) is 0 Å². The van der Waals surface area contributed by atoms with Crippen molar-refractivity contribution in [1.82, 2.24) is 5.43 Å². The Kier molecular flexibility index (Phi) is 5.28. The number of hydrogen-bond acceptors (Lipinski definition) is 4. The fourth-order valence-electron chi connectivity index (χ4n) is 2.65. The van der Waals surface area contributed by atoms with E-state index >= 15 is 0 Å². The highest BCUT2D eigenvalue weighted by atomic mass is 32.1. The van der Waals surface area contributed by atoms with Gasteiger partial charge in [-0.3, -0.25) is 5.43 Å². The molecule has 124 valence electrons. The smallest absolute Gasteiger partial charge is 0.191 e. The van der Waals surface area contributed by atoms with Crippen LogP contribution in [-0.2, 0) is 0 Å². The Balaban J connectivity index is 1.57. The Labute approximate surface area is 147 Å². The van der Waals surface area contributed by atoms with Crippen LogP contribution in [0.5, 0.6) is 5.75 Å². The molecule has 3 N–H and O–H groups in total. The Bertz CT molecular complexity index is 727. The van der Waals surface area contributed by atoms with E-state index in [9.17, 15) is 5.11 Å². The van der Waals surface area contributed by atoms with Crippen molar-refractivity contribution in [3.63, 3.8) is 0 Å². The van der Waals surface area contributed by atoms with E-state index in [1.54, 1.807) is 12.3 Å². The summed E-state index contributed by atoms with van der Waals surface area (Å²) in [5, 5.41) is 17.7. The molecule has 0 saturated carbocycles. The van der Waals surface area contributed by atoms with E-state index in [1.807, 2.05) is 42.5 Å². The van der Waals surface area contributed by atoms with Gasteiger partial charge in [0.1, 0.15) is 5.75 Å². The van der Waals surface area contributed by atoms with Crippen LogP contribution in [0.15, 0.2) is 53.6 Å². The van der Waals surface area contributed by atoms with Crippen LogP contribution in [-0.4, -0.2) is 29.5 Å². The average molecular weight is 340 g/mol. The van der Waals surface area contributed by atoms with E-state index < -0.39 is 0 Å². The summed E-state index contributed by atoms with van der Waals surface area (Å²) in [6.45, 7) is 2.10. The van der Waals surface area contributed by atoms with Crippen molar-refractivity contribution in [3.05, 3.63) is 54.1 Å². The van der Waals surface area contributed by atoms with Crippen molar-refractivity contribution in [2.45, 2.75) is 12.8 Å². The predicted molar refractivity (Wildman–Crippen MR) is 103 cm³/mol. The molecule has 1 fully saturated rings. The van der Waals surface area contributed by atoms with Crippen molar-refractivity contribution in [3.8, 4) is 5.75 Å². The van der Waals surface area contributed by atoms with Gasteiger partial charge in [-0.15, -0.1) is 0 Å². The number of hydrazone groups is 1. The molecule has 6 heteroatoms. The van der Waals surface area contributed by atoms with Crippen molar-refractivity contribution < 1.29 is 5.11 Å². The number of nitrogens with zero attached hydrogens (tertiary/aromatic N) is 2. The normalized spacial score (nSPS) is 14.1. The number of hydrogen-bond donors (Lipinski definition) is 3. The van der Waals surface area contributed by atoms with Gasteiger partial charge in [0.25, 0.3) is 0 Å². The van der Waals surface area contributed by atoms with Crippen molar-refractivity contribution in [1.29, 1.82) is 0 Å². The molecule has 0 radical (unpaired) electrons. The number of anilines is 2. The molecule has 5 nitrogen and oxygen atoms in total. The van der Waals surface area contributed by atoms with Gasteiger partial charge in [-0.1, -0.05) is 18.2 Å². The zero-order valence-corrected chi connectivity index (χ0v) is 14.1. The lowest BCUT2D eigenvalue weighted by Crippen LogP contribution is -2.23. The quantitative estimate of drug-likeness (QED) is 0.453. The maximum absolute atomic E-state index is 10.2. The fraction of sp³-hybridized carbons (Fsp3) is 0.222. The summed E-state index contributed by atoms with van der Waals surface area (Å²) in [6, 6.07) is 15.3. The molecule has 2 aromatic rings. The SMILES string of the molecule is Oc1cc(N2CCCC2)ccc1/C=N\NC(=S)Nc1ccccc1. The molecule has 3 rings (SSSR count). The Hall–Kier alpha value is -2.60.